The largest absolute Gasteiger partial charge is 0.478 e. The Morgan fingerprint density at radius 3 is 2.57 bits per heavy atom. The summed E-state index contributed by atoms with van der Waals surface area (Å²) in [6.45, 7) is 0. The number of rotatable bonds is 4. The quantitative estimate of drug-likeness (QED) is 0.429. The molecular weight excluding hydrogens is 417 g/mol. The smallest absolute Gasteiger partial charge is 0.418 e. The van der Waals surface area contributed by atoms with Gasteiger partial charge in [-0.1, -0.05) is 17.7 Å². The fourth-order valence-corrected chi connectivity index (χ4v) is 3.03. The number of hydrogen-bond donors (Lipinski definition) is 4. The van der Waals surface area contributed by atoms with Gasteiger partial charge in [0.15, 0.2) is 6.10 Å². The molecule has 10 heteroatoms. The summed E-state index contributed by atoms with van der Waals surface area (Å²) in [5.74, 6) is -1.46. The number of aromatic carboxylic acids is 1. The van der Waals surface area contributed by atoms with E-state index in [0.717, 1.165) is 18.2 Å². The number of pyridine rings is 1. The van der Waals surface area contributed by atoms with Crippen LogP contribution in [0.25, 0.3) is 10.9 Å². The van der Waals surface area contributed by atoms with Crippen molar-refractivity contribution in [1.29, 1.82) is 0 Å². The van der Waals surface area contributed by atoms with Crippen molar-refractivity contribution in [2.45, 2.75) is 17.2 Å². The van der Waals surface area contributed by atoms with E-state index < -0.39 is 29.4 Å². The van der Waals surface area contributed by atoms with Gasteiger partial charge in [-0.3, -0.25) is 4.98 Å². The highest BCUT2D eigenvalue weighted by atomic mass is 35.5. The lowest BCUT2D eigenvalue weighted by atomic mass is 10.0. The number of aliphatic hydroxyl groups excluding tert-OH is 1. The third kappa shape index (κ3) is 4.01. The van der Waals surface area contributed by atoms with Crippen LogP contribution in [-0.4, -0.2) is 27.3 Å². The molecule has 1 heterocycles. The van der Waals surface area contributed by atoms with Crippen LogP contribution in [0.3, 0.4) is 0 Å². The van der Waals surface area contributed by atoms with E-state index in [1.807, 2.05) is 0 Å². The predicted octanol–water partition coefficient (Wildman–Crippen LogP) is 5.21. The minimum absolute atomic E-state index is 0.0217. The number of aliphatic hydroxyl groups is 1. The van der Waals surface area contributed by atoms with Gasteiger partial charge in [0.1, 0.15) is 0 Å². The van der Waals surface area contributed by atoms with Crippen LogP contribution in [-0.2, 0) is 0 Å². The molecule has 0 fully saturated rings. The van der Waals surface area contributed by atoms with E-state index in [4.69, 9.17) is 11.6 Å². The second-order valence-corrected chi connectivity index (χ2v) is 6.78. The van der Waals surface area contributed by atoms with Crippen molar-refractivity contribution in [3.63, 3.8) is 0 Å². The molecule has 1 atom stereocenters. The minimum atomic E-state index is -4.92. The molecule has 3 N–H and O–H groups in total. The van der Waals surface area contributed by atoms with Crippen LogP contribution in [0, 0.1) is 0 Å². The summed E-state index contributed by atoms with van der Waals surface area (Å²) in [5, 5.41) is 22.7. The van der Waals surface area contributed by atoms with Crippen LogP contribution in [0.4, 0.5) is 24.5 Å². The average Bonchev–Trinajstić information content (AvgIpc) is 2.62. The van der Waals surface area contributed by atoms with E-state index >= 15 is 0 Å². The van der Waals surface area contributed by atoms with Gasteiger partial charge >= 0.3 is 12.1 Å². The Morgan fingerprint density at radius 2 is 1.93 bits per heavy atom. The van der Waals surface area contributed by atoms with Crippen molar-refractivity contribution < 1.29 is 28.2 Å². The summed E-state index contributed by atoms with van der Waals surface area (Å²) >= 11 is 10.3. The minimum Gasteiger partial charge on any atom is -0.478 e. The average molecular weight is 429 g/mol. The Balaban J connectivity index is 2.11. The summed E-state index contributed by atoms with van der Waals surface area (Å²) in [7, 11) is 0. The monoisotopic (exact) mass is 428 g/mol. The zero-order valence-corrected chi connectivity index (χ0v) is 15.5. The number of carboxylic acid groups (broad SMARTS) is 1. The van der Waals surface area contributed by atoms with Gasteiger partial charge < -0.3 is 15.5 Å². The first-order valence-corrected chi connectivity index (χ1v) is 8.56. The third-order valence-corrected chi connectivity index (χ3v) is 4.54. The zero-order chi connectivity index (χ0) is 20.6. The van der Waals surface area contributed by atoms with Gasteiger partial charge in [-0.25, -0.2) is 4.79 Å². The lowest BCUT2D eigenvalue weighted by Gasteiger charge is -2.18. The van der Waals surface area contributed by atoms with Crippen molar-refractivity contribution in [3.8, 4) is 0 Å². The number of aromatic nitrogens is 1. The molecule has 146 valence electrons. The fourth-order valence-electron chi connectivity index (χ4n) is 2.63. The first-order valence-electron chi connectivity index (χ1n) is 7.74. The second kappa shape index (κ2) is 7.50. The van der Waals surface area contributed by atoms with Gasteiger partial charge in [0, 0.05) is 21.5 Å². The summed E-state index contributed by atoms with van der Waals surface area (Å²) in [6, 6.07) is 7.83. The Hall–Kier alpha value is -2.49. The molecule has 0 aliphatic rings. The Morgan fingerprint density at radius 1 is 1.21 bits per heavy atom. The number of hydrogen-bond acceptors (Lipinski definition) is 5. The predicted molar refractivity (Wildman–Crippen MR) is 102 cm³/mol. The van der Waals surface area contributed by atoms with E-state index in [9.17, 15) is 28.2 Å². The number of benzene rings is 2. The van der Waals surface area contributed by atoms with Crippen molar-refractivity contribution >= 4 is 52.5 Å². The van der Waals surface area contributed by atoms with Crippen molar-refractivity contribution in [2.75, 3.05) is 5.32 Å². The number of halogens is 4. The first kappa shape index (κ1) is 20.2. The van der Waals surface area contributed by atoms with Gasteiger partial charge in [-0.15, -0.1) is 12.6 Å². The normalized spacial score (nSPS) is 12.8. The summed E-state index contributed by atoms with van der Waals surface area (Å²) < 4.78 is 38.2. The molecule has 0 aliphatic heterocycles. The van der Waals surface area contributed by atoms with Crippen LogP contribution < -0.4 is 5.32 Å². The molecule has 0 saturated heterocycles. The van der Waals surface area contributed by atoms with E-state index in [1.165, 1.54) is 6.20 Å². The third-order valence-electron chi connectivity index (χ3n) is 3.97. The number of thiol groups is 1. The highest BCUT2D eigenvalue weighted by Gasteiger charge is 2.39. The van der Waals surface area contributed by atoms with E-state index in [1.54, 1.807) is 18.2 Å². The van der Waals surface area contributed by atoms with E-state index in [-0.39, 0.29) is 5.69 Å². The maximum absolute atomic E-state index is 12.7. The van der Waals surface area contributed by atoms with Gasteiger partial charge in [0.25, 0.3) is 0 Å². The molecule has 0 aliphatic carbocycles. The molecule has 1 unspecified atom stereocenters. The zero-order valence-electron chi connectivity index (χ0n) is 13.8. The molecule has 5 nitrogen and oxygen atoms in total. The lowest BCUT2D eigenvalue weighted by Crippen LogP contribution is -2.20. The summed E-state index contributed by atoms with van der Waals surface area (Å²) in [5.41, 5.74) is -0.0498. The SMILES string of the molecule is O=C(O)c1cc(C(O)C(F)(F)F)ccc1Nc1c(S)cnc2ccc(Cl)cc12. The first-order chi connectivity index (χ1) is 13.1. The standard InChI is InChI=1S/C18H12ClF3N2O3S/c19-9-2-4-12-10(6-9)15(14(28)7-23-12)24-13-3-1-8(5-11(13)17(26)27)16(25)18(20,21)22/h1-7,16,25,28H,(H,23,24)(H,26,27). The maximum atomic E-state index is 12.7. The molecule has 0 amide bonds. The van der Waals surface area contributed by atoms with Crippen LogP contribution in [0.5, 0.6) is 0 Å². The van der Waals surface area contributed by atoms with Crippen molar-refractivity contribution in [1.82, 2.24) is 4.98 Å². The molecule has 0 spiro atoms. The number of alkyl halides is 3. The Bertz CT molecular complexity index is 1070. The number of carboxylic acids is 1. The number of nitrogens with zero attached hydrogens (tertiary/aromatic N) is 1. The maximum Gasteiger partial charge on any atom is 0.418 e. The fraction of sp³-hybridized carbons (Fsp3) is 0.111. The summed E-state index contributed by atoms with van der Waals surface area (Å²) in [4.78, 5) is 16.2. The molecule has 2 aromatic carbocycles. The molecule has 0 radical (unpaired) electrons. The highest BCUT2D eigenvalue weighted by Crippen LogP contribution is 2.37. The van der Waals surface area contributed by atoms with Crippen LogP contribution in [0.2, 0.25) is 5.02 Å². The van der Waals surface area contributed by atoms with Crippen LogP contribution >= 0.6 is 24.2 Å². The summed E-state index contributed by atoms with van der Waals surface area (Å²) in [6.07, 6.45) is -6.26. The van der Waals surface area contributed by atoms with Crippen LogP contribution in [0.15, 0.2) is 47.5 Å². The van der Waals surface area contributed by atoms with E-state index in [2.05, 4.69) is 22.9 Å². The van der Waals surface area contributed by atoms with Crippen molar-refractivity contribution in [3.05, 3.63) is 58.7 Å². The molecule has 0 bridgehead atoms. The number of fused-ring (bicyclic) bond motifs is 1. The lowest BCUT2D eigenvalue weighted by molar-refractivity contribution is -0.206. The van der Waals surface area contributed by atoms with Crippen LogP contribution in [0.1, 0.15) is 22.0 Å². The van der Waals surface area contributed by atoms with Gasteiger partial charge in [-0.05, 0) is 35.9 Å². The van der Waals surface area contributed by atoms with Gasteiger partial charge in [-0.2, -0.15) is 13.2 Å². The topological polar surface area (TPSA) is 82.5 Å². The Kier molecular flexibility index (Phi) is 5.42. The number of nitrogens with one attached hydrogen (secondary N) is 1. The number of carbonyl (C=O) groups is 1. The van der Waals surface area contributed by atoms with Gasteiger partial charge in [0.05, 0.1) is 22.5 Å². The molecule has 3 aromatic rings. The highest BCUT2D eigenvalue weighted by molar-refractivity contribution is 7.80. The molecule has 28 heavy (non-hydrogen) atoms. The number of anilines is 2. The molecule has 1 aromatic heterocycles. The molecule has 0 saturated carbocycles. The Labute approximate surface area is 167 Å². The van der Waals surface area contributed by atoms with E-state index in [0.29, 0.717) is 26.5 Å². The molecular formula is C18H12ClF3N2O3S. The second-order valence-electron chi connectivity index (χ2n) is 5.86. The van der Waals surface area contributed by atoms with Crippen molar-refractivity contribution in [2.24, 2.45) is 0 Å². The molecule has 3 rings (SSSR count). The van der Waals surface area contributed by atoms with Gasteiger partial charge in [0.2, 0.25) is 0 Å².